The molecule has 5 nitrogen and oxygen atoms in total. The monoisotopic (exact) mass is 346 g/mol. The number of carboxylic acids is 1. The van der Waals surface area contributed by atoms with Crippen LogP contribution in [0.4, 0.5) is 0 Å². The molecule has 5 heteroatoms. The molecule has 0 spiro atoms. The molecule has 0 amide bonds. The maximum Gasteiger partial charge on any atom is 0.335 e. The smallest absolute Gasteiger partial charge is 0.335 e. The van der Waals surface area contributed by atoms with E-state index in [0.717, 1.165) is 5.56 Å². The lowest BCUT2D eigenvalue weighted by Gasteiger charge is -2.11. The predicted molar refractivity (Wildman–Crippen MR) is 98.8 cm³/mol. The van der Waals surface area contributed by atoms with Crippen LogP contribution in [-0.2, 0) is 6.61 Å². The highest BCUT2D eigenvalue weighted by Gasteiger charge is 2.09. The van der Waals surface area contributed by atoms with Gasteiger partial charge in [-0.05, 0) is 29.8 Å². The lowest BCUT2D eigenvalue weighted by molar-refractivity contribution is 0.0696. The maximum absolute atomic E-state index is 11.1. The third-order valence-electron chi connectivity index (χ3n) is 2.96. The van der Waals surface area contributed by atoms with Crippen molar-refractivity contribution in [3.05, 3.63) is 59.2 Å². The highest BCUT2D eigenvalue weighted by molar-refractivity contribution is 5.87. The summed E-state index contributed by atoms with van der Waals surface area (Å²) in [5.41, 5.74) is 1.37. The van der Waals surface area contributed by atoms with E-state index in [-0.39, 0.29) is 12.2 Å². The number of hydrogen-bond donors (Lipinski definition) is 1. The Morgan fingerprint density at radius 3 is 2.04 bits per heavy atom. The molecule has 0 saturated heterocycles. The molecule has 2 rings (SSSR count). The average molecular weight is 346 g/mol. The Morgan fingerprint density at radius 2 is 1.56 bits per heavy atom. The van der Waals surface area contributed by atoms with Crippen molar-refractivity contribution in [1.82, 2.24) is 0 Å². The number of carboxylic acid groups (broad SMARTS) is 1. The number of carbonyl (C=O) groups excluding carboxylic acids is 1. The summed E-state index contributed by atoms with van der Waals surface area (Å²) >= 11 is 0. The van der Waals surface area contributed by atoms with E-state index in [0.29, 0.717) is 23.3 Å². The van der Waals surface area contributed by atoms with E-state index in [1.807, 2.05) is 27.7 Å². The first-order chi connectivity index (χ1) is 12.2. The zero-order valence-corrected chi connectivity index (χ0v) is 15.4. The second-order valence-electron chi connectivity index (χ2n) is 4.28. The van der Waals surface area contributed by atoms with Gasteiger partial charge in [-0.2, -0.15) is 0 Å². The van der Waals surface area contributed by atoms with Crippen LogP contribution in [-0.4, -0.2) is 24.5 Å². The van der Waals surface area contributed by atoms with Crippen molar-refractivity contribution < 1.29 is 24.2 Å². The third-order valence-corrected chi connectivity index (χ3v) is 2.96. The number of carbonyl (C=O) groups is 2. The number of aromatic carboxylic acids is 1. The summed E-state index contributed by atoms with van der Waals surface area (Å²) in [4.78, 5) is 21.9. The number of ether oxygens (including phenoxy) is 2. The number of rotatable bonds is 6. The zero-order valence-electron chi connectivity index (χ0n) is 15.4. The van der Waals surface area contributed by atoms with Crippen molar-refractivity contribution in [2.75, 3.05) is 7.11 Å². The van der Waals surface area contributed by atoms with Crippen LogP contribution < -0.4 is 9.47 Å². The topological polar surface area (TPSA) is 72.8 Å². The Bertz CT molecular complexity index is 648. The molecule has 0 aromatic heterocycles. The minimum absolute atomic E-state index is 0.216. The van der Waals surface area contributed by atoms with Crippen LogP contribution >= 0.6 is 0 Å². The van der Waals surface area contributed by atoms with E-state index in [4.69, 9.17) is 14.6 Å². The van der Waals surface area contributed by atoms with Gasteiger partial charge in [0.2, 0.25) is 0 Å². The van der Waals surface area contributed by atoms with Crippen LogP contribution in [0.2, 0.25) is 0 Å². The molecule has 0 fully saturated rings. The largest absolute Gasteiger partial charge is 0.496 e. The van der Waals surface area contributed by atoms with Crippen molar-refractivity contribution >= 4 is 12.3 Å². The molecule has 0 aliphatic heterocycles. The average Bonchev–Trinajstić information content (AvgIpc) is 2.69. The van der Waals surface area contributed by atoms with Crippen LogP contribution in [0, 0.1) is 0 Å². The van der Waals surface area contributed by atoms with E-state index in [9.17, 15) is 9.59 Å². The molecule has 1 N–H and O–H groups in total. The molecule has 0 bridgehead atoms. The summed E-state index contributed by atoms with van der Waals surface area (Å²) in [6.07, 6.45) is 0.682. The predicted octanol–water partition coefficient (Wildman–Crippen LogP) is 4.84. The van der Waals surface area contributed by atoms with Crippen LogP contribution in [0.5, 0.6) is 11.5 Å². The number of hydrogen-bond acceptors (Lipinski definition) is 4. The van der Waals surface area contributed by atoms with Gasteiger partial charge in [0.15, 0.2) is 6.29 Å². The second kappa shape index (κ2) is 12.6. The molecular weight excluding hydrogens is 320 g/mol. The summed E-state index contributed by atoms with van der Waals surface area (Å²) in [5, 5.41) is 8.83. The molecule has 0 aliphatic carbocycles. The van der Waals surface area contributed by atoms with Gasteiger partial charge in [0.05, 0.1) is 18.2 Å². The number of aldehydes is 1. The molecule has 2 aromatic carbocycles. The molecular formula is C20H26O5. The lowest BCUT2D eigenvalue weighted by atomic mass is 10.1. The highest BCUT2D eigenvalue weighted by Crippen LogP contribution is 2.27. The van der Waals surface area contributed by atoms with E-state index >= 15 is 0 Å². The fourth-order valence-electron chi connectivity index (χ4n) is 1.85. The van der Waals surface area contributed by atoms with E-state index in [2.05, 4.69) is 0 Å². The fourth-order valence-corrected chi connectivity index (χ4v) is 1.85. The van der Waals surface area contributed by atoms with Crippen molar-refractivity contribution in [3.63, 3.8) is 0 Å². The molecule has 0 atom stereocenters. The number of methoxy groups -OCH3 is 1. The molecule has 25 heavy (non-hydrogen) atoms. The first-order valence-electron chi connectivity index (χ1n) is 8.23. The van der Waals surface area contributed by atoms with E-state index in [1.54, 1.807) is 30.3 Å². The molecule has 2 aromatic rings. The normalized spacial score (nSPS) is 8.84. The molecule has 0 aliphatic rings. The summed E-state index contributed by atoms with van der Waals surface area (Å²) in [7, 11) is 1.48. The molecule has 136 valence electrons. The Kier molecular flexibility index (Phi) is 11.2. The van der Waals surface area contributed by atoms with Crippen LogP contribution in [0.25, 0.3) is 0 Å². The molecule has 0 saturated carbocycles. The Morgan fingerprint density at radius 1 is 1.00 bits per heavy atom. The quantitative estimate of drug-likeness (QED) is 0.758. The van der Waals surface area contributed by atoms with Gasteiger partial charge in [0.1, 0.15) is 18.1 Å². The molecule has 0 heterocycles. The van der Waals surface area contributed by atoms with Gasteiger partial charge >= 0.3 is 5.97 Å². The summed E-state index contributed by atoms with van der Waals surface area (Å²) in [6.45, 7) is 8.23. The number of benzene rings is 2. The van der Waals surface area contributed by atoms with Crippen LogP contribution in [0.3, 0.4) is 0 Å². The van der Waals surface area contributed by atoms with E-state index in [1.165, 1.54) is 19.2 Å². The van der Waals surface area contributed by atoms with Crippen molar-refractivity contribution in [2.24, 2.45) is 0 Å². The highest BCUT2D eigenvalue weighted by atomic mass is 16.5. The molecule has 0 unspecified atom stereocenters. The summed E-state index contributed by atoms with van der Waals surface area (Å²) < 4.78 is 10.7. The Labute approximate surface area is 149 Å². The maximum atomic E-state index is 11.1. The lowest BCUT2D eigenvalue weighted by Crippen LogP contribution is -2.01. The Hall–Kier alpha value is -2.82. The minimum Gasteiger partial charge on any atom is -0.496 e. The molecule has 0 radical (unpaired) electrons. The van der Waals surface area contributed by atoms with Gasteiger partial charge in [-0.15, -0.1) is 0 Å². The van der Waals surface area contributed by atoms with Gasteiger partial charge in [-0.1, -0.05) is 45.9 Å². The minimum atomic E-state index is -0.974. The third kappa shape index (κ3) is 6.67. The van der Waals surface area contributed by atoms with Crippen LogP contribution in [0.15, 0.2) is 42.5 Å². The Balaban J connectivity index is 0.00000134. The van der Waals surface area contributed by atoms with Gasteiger partial charge < -0.3 is 14.6 Å². The summed E-state index contributed by atoms with van der Waals surface area (Å²) in [5.74, 6) is -0.103. The SMILES string of the molecule is CC.CC.COc1cccc(OCc2ccc(C(=O)O)cc2)c1C=O. The first-order valence-corrected chi connectivity index (χ1v) is 8.23. The first kappa shape index (κ1) is 22.2. The van der Waals surface area contributed by atoms with Crippen molar-refractivity contribution in [2.45, 2.75) is 34.3 Å². The van der Waals surface area contributed by atoms with Crippen LogP contribution in [0.1, 0.15) is 54.0 Å². The van der Waals surface area contributed by atoms with Gasteiger partial charge in [-0.3, -0.25) is 4.79 Å². The zero-order chi connectivity index (χ0) is 19.2. The van der Waals surface area contributed by atoms with Gasteiger partial charge in [0, 0.05) is 0 Å². The second-order valence-corrected chi connectivity index (χ2v) is 4.28. The van der Waals surface area contributed by atoms with Crippen molar-refractivity contribution in [3.8, 4) is 11.5 Å². The van der Waals surface area contributed by atoms with E-state index < -0.39 is 5.97 Å². The summed E-state index contributed by atoms with van der Waals surface area (Å²) in [6, 6.07) is 11.4. The van der Waals surface area contributed by atoms with Gasteiger partial charge in [-0.25, -0.2) is 4.79 Å². The van der Waals surface area contributed by atoms with Gasteiger partial charge in [0.25, 0.3) is 0 Å². The fraction of sp³-hybridized carbons (Fsp3) is 0.300. The standard InChI is InChI=1S/C16H14O5.2C2H6/c1-20-14-3-2-4-15(13(14)9-17)21-10-11-5-7-12(8-6-11)16(18)19;2*1-2/h2-9H,10H2,1H3,(H,18,19);2*1-2H3. The van der Waals surface area contributed by atoms with Crippen molar-refractivity contribution in [1.29, 1.82) is 0 Å².